The summed E-state index contributed by atoms with van der Waals surface area (Å²) in [5, 5.41) is 6.05. The maximum Gasteiger partial charge on any atom is 0.257 e. The number of aryl methyl sites for hydroxylation is 2. The summed E-state index contributed by atoms with van der Waals surface area (Å²) in [6.07, 6.45) is 1.06. The number of fused-ring (bicyclic) bond motifs is 1. The highest BCUT2D eigenvalue weighted by Crippen LogP contribution is 2.29. The molecule has 0 spiro atoms. The molecular formula is C20H20N2O3. The summed E-state index contributed by atoms with van der Waals surface area (Å²) in [6, 6.07) is 11.9. The van der Waals surface area contributed by atoms with Crippen molar-refractivity contribution in [3.63, 3.8) is 0 Å². The minimum atomic E-state index is 0.0331. The molecule has 0 aliphatic carbocycles. The maximum absolute atomic E-state index is 12.8. The van der Waals surface area contributed by atoms with Crippen LogP contribution in [0.1, 0.15) is 33.8 Å². The first-order valence-electron chi connectivity index (χ1n) is 8.50. The highest BCUT2D eigenvalue weighted by molar-refractivity contribution is 6.01. The Balaban J connectivity index is 1.71. The molecule has 5 nitrogen and oxygen atoms in total. The van der Waals surface area contributed by atoms with E-state index in [0.29, 0.717) is 17.9 Å². The normalized spacial score (nSPS) is 13.8. The van der Waals surface area contributed by atoms with Gasteiger partial charge >= 0.3 is 0 Å². The zero-order valence-corrected chi connectivity index (χ0v) is 14.4. The summed E-state index contributed by atoms with van der Waals surface area (Å²) >= 11 is 0. The summed E-state index contributed by atoms with van der Waals surface area (Å²) in [6.45, 7) is 5.72. The molecular weight excluding hydrogens is 316 g/mol. The number of carbonyl (C=O) groups excluding carboxylic acids is 1. The second-order valence-corrected chi connectivity index (χ2v) is 6.43. The fraction of sp³-hybridized carbons (Fsp3) is 0.300. The summed E-state index contributed by atoms with van der Waals surface area (Å²) in [4.78, 5) is 14.7. The molecule has 0 atom stereocenters. The Morgan fingerprint density at radius 1 is 1.20 bits per heavy atom. The van der Waals surface area contributed by atoms with Gasteiger partial charge in [0.15, 0.2) is 0 Å². The molecule has 0 saturated carbocycles. The fourth-order valence-corrected chi connectivity index (χ4v) is 3.05. The molecule has 5 heteroatoms. The monoisotopic (exact) mass is 336 g/mol. The molecule has 3 aromatic rings. The highest BCUT2D eigenvalue weighted by Gasteiger charge is 2.25. The quantitative estimate of drug-likeness (QED) is 0.726. The average Bonchev–Trinajstić information content (AvgIpc) is 2.88. The molecule has 1 amide bonds. The highest BCUT2D eigenvalue weighted by atomic mass is 16.5. The third-order valence-corrected chi connectivity index (χ3v) is 4.77. The number of nitrogens with zero attached hydrogens (tertiary/aromatic N) is 2. The molecule has 2 heterocycles. The van der Waals surface area contributed by atoms with Crippen LogP contribution in [0.5, 0.6) is 5.75 Å². The number of rotatable bonds is 4. The lowest BCUT2D eigenvalue weighted by Gasteiger charge is -2.31. The standard InChI is InChI=1S/C20H20N2O3/c1-13-18(14(2)25-21-13)12-24-19-11-16-7-4-3-6-15(16)10-17(19)20(23)22-8-5-9-22/h3-4,6-7,10-11H,5,8-9,12H2,1-2H3. The van der Waals surface area contributed by atoms with Crippen LogP contribution in [0, 0.1) is 13.8 Å². The topological polar surface area (TPSA) is 55.6 Å². The smallest absolute Gasteiger partial charge is 0.257 e. The third kappa shape index (κ3) is 2.86. The minimum absolute atomic E-state index is 0.0331. The molecule has 0 N–H and O–H groups in total. The summed E-state index contributed by atoms with van der Waals surface area (Å²) < 4.78 is 11.2. The number of benzene rings is 2. The molecule has 4 rings (SSSR count). The Hall–Kier alpha value is -2.82. The maximum atomic E-state index is 12.8. The van der Waals surface area contributed by atoms with E-state index in [-0.39, 0.29) is 5.91 Å². The SMILES string of the molecule is Cc1noc(C)c1COc1cc2ccccc2cc1C(=O)N1CCC1. The van der Waals surface area contributed by atoms with Gasteiger partial charge in [0.25, 0.3) is 5.91 Å². The zero-order valence-electron chi connectivity index (χ0n) is 14.4. The molecule has 128 valence electrons. The predicted molar refractivity (Wildman–Crippen MR) is 94.8 cm³/mol. The average molecular weight is 336 g/mol. The molecule has 25 heavy (non-hydrogen) atoms. The summed E-state index contributed by atoms with van der Waals surface area (Å²) in [5.74, 6) is 1.38. The zero-order chi connectivity index (χ0) is 17.4. The second-order valence-electron chi connectivity index (χ2n) is 6.43. The first-order chi connectivity index (χ1) is 12.1. The van der Waals surface area contributed by atoms with E-state index in [1.807, 2.05) is 55.1 Å². The number of carbonyl (C=O) groups is 1. The van der Waals surface area contributed by atoms with Gasteiger partial charge in [-0.3, -0.25) is 4.79 Å². The van der Waals surface area contributed by atoms with Gasteiger partial charge < -0.3 is 14.2 Å². The summed E-state index contributed by atoms with van der Waals surface area (Å²) in [7, 11) is 0. The van der Waals surface area contributed by atoms with E-state index in [1.165, 1.54) is 0 Å². The lowest BCUT2D eigenvalue weighted by atomic mass is 10.0. The van der Waals surface area contributed by atoms with Crippen molar-refractivity contribution in [3.05, 3.63) is 59.0 Å². The van der Waals surface area contributed by atoms with Crippen molar-refractivity contribution < 1.29 is 14.1 Å². The van der Waals surface area contributed by atoms with Gasteiger partial charge in [0, 0.05) is 13.1 Å². The van der Waals surface area contributed by atoms with Crippen LogP contribution in [0.3, 0.4) is 0 Å². The number of likely N-dealkylation sites (tertiary alicyclic amines) is 1. The Kier molecular flexibility index (Phi) is 3.92. The second kappa shape index (κ2) is 6.24. The molecule has 1 aliphatic heterocycles. The van der Waals surface area contributed by atoms with Crippen LogP contribution in [0.4, 0.5) is 0 Å². The van der Waals surface area contributed by atoms with Crippen LogP contribution >= 0.6 is 0 Å². The lowest BCUT2D eigenvalue weighted by Crippen LogP contribution is -2.42. The lowest BCUT2D eigenvalue weighted by molar-refractivity contribution is 0.0647. The Bertz CT molecular complexity index is 922. The van der Waals surface area contributed by atoms with Gasteiger partial charge in [0.1, 0.15) is 18.1 Å². The van der Waals surface area contributed by atoms with E-state index in [9.17, 15) is 4.79 Å². The third-order valence-electron chi connectivity index (χ3n) is 4.77. The van der Waals surface area contributed by atoms with E-state index in [1.54, 1.807) is 0 Å². The largest absolute Gasteiger partial charge is 0.488 e. The molecule has 1 aromatic heterocycles. The molecule has 2 aromatic carbocycles. The molecule has 0 unspecified atom stereocenters. The van der Waals surface area contributed by atoms with Gasteiger partial charge in [0.2, 0.25) is 0 Å². The number of aromatic nitrogens is 1. The number of amides is 1. The van der Waals surface area contributed by atoms with Gasteiger partial charge in [-0.05, 0) is 43.2 Å². The van der Waals surface area contributed by atoms with Crippen molar-refractivity contribution in [2.24, 2.45) is 0 Å². The number of hydrogen-bond acceptors (Lipinski definition) is 4. The van der Waals surface area contributed by atoms with E-state index < -0.39 is 0 Å². The van der Waals surface area contributed by atoms with Crippen molar-refractivity contribution in [1.82, 2.24) is 10.1 Å². The van der Waals surface area contributed by atoms with Crippen molar-refractivity contribution in [1.29, 1.82) is 0 Å². The van der Waals surface area contributed by atoms with Crippen molar-refractivity contribution in [2.45, 2.75) is 26.9 Å². The van der Waals surface area contributed by atoms with Gasteiger partial charge in [0.05, 0.1) is 16.8 Å². The van der Waals surface area contributed by atoms with Crippen molar-refractivity contribution in [3.8, 4) is 5.75 Å². The molecule has 1 aliphatic rings. The minimum Gasteiger partial charge on any atom is -0.488 e. The fourth-order valence-electron chi connectivity index (χ4n) is 3.05. The van der Waals surface area contributed by atoms with Crippen LogP contribution in [0.15, 0.2) is 40.9 Å². The van der Waals surface area contributed by atoms with Gasteiger partial charge in [-0.25, -0.2) is 0 Å². The van der Waals surface area contributed by atoms with Gasteiger partial charge in [-0.2, -0.15) is 0 Å². The Labute approximate surface area is 146 Å². The summed E-state index contributed by atoms with van der Waals surface area (Å²) in [5.41, 5.74) is 2.36. The van der Waals surface area contributed by atoms with Gasteiger partial charge in [-0.1, -0.05) is 29.4 Å². The van der Waals surface area contributed by atoms with E-state index in [2.05, 4.69) is 5.16 Å². The van der Waals surface area contributed by atoms with Crippen LogP contribution in [0.25, 0.3) is 10.8 Å². The molecule has 0 bridgehead atoms. The van der Waals surface area contributed by atoms with Gasteiger partial charge in [-0.15, -0.1) is 0 Å². The molecule has 1 fully saturated rings. The number of ether oxygens (including phenoxy) is 1. The molecule has 1 saturated heterocycles. The Morgan fingerprint density at radius 3 is 2.52 bits per heavy atom. The predicted octanol–water partition coefficient (Wildman–Crippen LogP) is 3.87. The van der Waals surface area contributed by atoms with E-state index >= 15 is 0 Å². The van der Waals surface area contributed by atoms with Crippen molar-refractivity contribution in [2.75, 3.05) is 13.1 Å². The van der Waals surface area contributed by atoms with E-state index in [0.717, 1.165) is 47.3 Å². The molecule has 0 radical (unpaired) electrons. The van der Waals surface area contributed by atoms with Crippen LogP contribution < -0.4 is 4.74 Å². The number of hydrogen-bond donors (Lipinski definition) is 0. The Morgan fingerprint density at radius 2 is 1.92 bits per heavy atom. The van der Waals surface area contributed by atoms with Crippen LogP contribution in [0.2, 0.25) is 0 Å². The first kappa shape index (κ1) is 15.7. The van der Waals surface area contributed by atoms with Crippen molar-refractivity contribution >= 4 is 16.7 Å². The first-order valence-corrected chi connectivity index (χ1v) is 8.50. The van der Waals surface area contributed by atoms with Crippen LogP contribution in [-0.2, 0) is 6.61 Å². The van der Waals surface area contributed by atoms with Crippen LogP contribution in [-0.4, -0.2) is 29.1 Å². The van der Waals surface area contributed by atoms with E-state index in [4.69, 9.17) is 9.26 Å².